The van der Waals surface area contributed by atoms with E-state index in [1.165, 1.54) is 11.0 Å². The monoisotopic (exact) mass is 522 g/mol. The number of nitrogens with zero attached hydrogens (tertiary/aromatic N) is 2. The predicted octanol–water partition coefficient (Wildman–Crippen LogP) is 7.03. The van der Waals surface area contributed by atoms with E-state index in [9.17, 15) is 22.8 Å². The highest BCUT2D eigenvalue weighted by Crippen LogP contribution is 2.40. The number of rotatable bonds is 7. The fourth-order valence-corrected chi connectivity index (χ4v) is 4.42. The van der Waals surface area contributed by atoms with Crippen LogP contribution in [0.25, 0.3) is 6.08 Å². The van der Waals surface area contributed by atoms with Crippen LogP contribution in [0.15, 0.2) is 31.0 Å². The van der Waals surface area contributed by atoms with Gasteiger partial charge in [-0.2, -0.15) is 13.2 Å². The molecule has 0 atom stereocenters. The first kappa shape index (κ1) is 28.1. The predicted molar refractivity (Wildman–Crippen MR) is 131 cm³/mol. The Hall–Kier alpha value is -3.43. The number of halogens is 4. The average molecular weight is 523 g/mol. The summed E-state index contributed by atoms with van der Waals surface area (Å²) in [5.74, 6) is -3.56. The summed E-state index contributed by atoms with van der Waals surface area (Å²) in [7, 11) is 1.11. The molecule has 1 aromatic carbocycles. The highest BCUT2D eigenvalue weighted by Gasteiger charge is 2.37. The molecule has 0 N–H and O–H groups in total. The molecule has 0 radical (unpaired) electrons. The molecule has 10 heteroatoms. The van der Waals surface area contributed by atoms with Gasteiger partial charge in [-0.1, -0.05) is 19.6 Å². The minimum atomic E-state index is -4.85. The van der Waals surface area contributed by atoms with Crippen molar-refractivity contribution in [3.8, 4) is 11.6 Å². The number of ether oxygens (including phenoxy) is 2. The van der Waals surface area contributed by atoms with E-state index >= 15 is 4.39 Å². The third kappa shape index (κ3) is 6.29. The Morgan fingerprint density at radius 1 is 1.16 bits per heavy atom. The summed E-state index contributed by atoms with van der Waals surface area (Å²) in [5, 5.41) is 0. The van der Waals surface area contributed by atoms with Crippen LogP contribution in [0.3, 0.4) is 0 Å². The standard InChI is InChI=1S/C27H30F4N2O4/c1-6-17-11-20(27(29,30)31)24(32-14-17)37-23-12-19(26(35)36-5)22(13-21(23)28)33(15(2)3)25(34)18-9-7-16(4)8-10-18/h6,11-16,18H,1,7-10H2,2-5H3/t16-,18-. The molecule has 1 fully saturated rings. The van der Waals surface area contributed by atoms with E-state index in [4.69, 9.17) is 9.47 Å². The second-order valence-corrected chi connectivity index (χ2v) is 9.48. The molecule has 1 aliphatic rings. The van der Waals surface area contributed by atoms with Crippen LogP contribution in [0.4, 0.5) is 23.2 Å². The van der Waals surface area contributed by atoms with Crippen LogP contribution in [0, 0.1) is 17.7 Å². The summed E-state index contributed by atoms with van der Waals surface area (Å²) < 4.78 is 66.2. The van der Waals surface area contributed by atoms with Crippen LogP contribution in [0.2, 0.25) is 0 Å². The van der Waals surface area contributed by atoms with Crippen LogP contribution < -0.4 is 9.64 Å². The topological polar surface area (TPSA) is 68.7 Å². The van der Waals surface area contributed by atoms with Crippen molar-refractivity contribution in [2.75, 3.05) is 12.0 Å². The van der Waals surface area contributed by atoms with Gasteiger partial charge in [-0.05, 0) is 57.1 Å². The van der Waals surface area contributed by atoms with Crippen LogP contribution in [0.1, 0.15) is 67.9 Å². The Balaban J connectivity index is 2.08. The number of anilines is 1. The SMILES string of the molecule is C=Cc1cnc(Oc2cc(C(=O)OC)c(N(C(=O)[C@H]3CC[C@H](C)CC3)C(C)C)cc2F)c(C(F)(F)F)c1. The van der Waals surface area contributed by atoms with Gasteiger partial charge in [-0.3, -0.25) is 4.79 Å². The molecule has 3 rings (SSSR count). The second kappa shape index (κ2) is 11.3. The van der Waals surface area contributed by atoms with E-state index < -0.39 is 41.2 Å². The summed E-state index contributed by atoms with van der Waals surface area (Å²) in [4.78, 5) is 31.2. The number of hydrogen-bond acceptors (Lipinski definition) is 5. The van der Waals surface area contributed by atoms with Gasteiger partial charge in [0, 0.05) is 30.3 Å². The first-order valence-electron chi connectivity index (χ1n) is 12.0. The van der Waals surface area contributed by atoms with E-state index in [-0.39, 0.29) is 28.6 Å². The van der Waals surface area contributed by atoms with Crippen molar-refractivity contribution in [1.82, 2.24) is 4.98 Å². The summed E-state index contributed by atoms with van der Waals surface area (Å²) in [5.41, 5.74) is -1.41. The molecule has 0 spiro atoms. The van der Waals surface area contributed by atoms with Crippen molar-refractivity contribution in [1.29, 1.82) is 0 Å². The molecule has 6 nitrogen and oxygen atoms in total. The Morgan fingerprint density at radius 3 is 2.35 bits per heavy atom. The second-order valence-electron chi connectivity index (χ2n) is 9.48. The largest absolute Gasteiger partial charge is 0.465 e. The van der Waals surface area contributed by atoms with Crippen molar-refractivity contribution in [3.05, 3.63) is 53.5 Å². The van der Waals surface area contributed by atoms with Gasteiger partial charge in [0.05, 0.1) is 18.4 Å². The summed E-state index contributed by atoms with van der Waals surface area (Å²) in [6, 6.07) is 2.18. The van der Waals surface area contributed by atoms with Gasteiger partial charge in [0.2, 0.25) is 11.8 Å². The molecule has 2 aromatic rings. The number of methoxy groups -OCH3 is 1. The number of benzene rings is 1. The number of alkyl halides is 3. The lowest BCUT2D eigenvalue weighted by Crippen LogP contribution is -2.43. The fraction of sp³-hybridized carbons (Fsp3) is 0.444. The molecule has 0 unspecified atom stereocenters. The van der Waals surface area contributed by atoms with Crippen LogP contribution >= 0.6 is 0 Å². The van der Waals surface area contributed by atoms with Gasteiger partial charge in [-0.15, -0.1) is 0 Å². The Kier molecular flexibility index (Phi) is 8.60. The number of hydrogen-bond donors (Lipinski definition) is 0. The molecule has 37 heavy (non-hydrogen) atoms. The zero-order valence-corrected chi connectivity index (χ0v) is 21.2. The molecule has 1 saturated carbocycles. The Morgan fingerprint density at radius 2 is 1.81 bits per heavy atom. The van der Waals surface area contributed by atoms with Gasteiger partial charge >= 0.3 is 12.1 Å². The van der Waals surface area contributed by atoms with E-state index in [1.807, 2.05) is 0 Å². The normalized spacial score (nSPS) is 17.9. The molecule has 200 valence electrons. The lowest BCUT2D eigenvalue weighted by Gasteiger charge is -2.34. The van der Waals surface area contributed by atoms with Gasteiger partial charge < -0.3 is 14.4 Å². The zero-order chi connectivity index (χ0) is 27.5. The van der Waals surface area contributed by atoms with Crippen LogP contribution in [-0.4, -0.2) is 30.0 Å². The van der Waals surface area contributed by atoms with Crippen molar-refractivity contribution in [3.63, 3.8) is 0 Å². The number of pyridine rings is 1. The molecule has 0 bridgehead atoms. The molecule has 1 heterocycles. The van der Waals surface area contributed by atoms with E-state index in [1.54, 1.807) is 13.8 Å². The van der Waals surface area contributed by atoms with E-state index in [2.05, 4.69) is 18.5 Å². The number of aromatic nitrogens is 1. The molecule has 1 amide bonds. The molecule has 0 aliphatic heterocycles. The number of carbonyl (C=O) groups is 2. The summed E-state index contributed by atoms with van der Waals surface area (Å²) >= 11 is 0. The lowest BCUT2D eigenvalue weighted by atomic mass is 9.82. The molecule has 0 saturated heterocycles. The maximum atomic E-state index is 15.3. The van der Waals surface area contributed by atoms with Crippen molar-refractivity contribution in [2.24, 2.45) is 11.8 Å². The zero-order valence-electron chi connectivity index (χ0n) is 21.2. The van der Waals surface area contributed by atoms with Gasteiger partial charge in [0.15, 0.2) is 11.6 Å². The average Bonchev–Trinajstić information content (AvgIpc) is 2.84. The Labute approximate surface area is 213 Å². The van der Waals surface area contributed by atoms with Crippen molar-refractivity contribution in [2.45, 2.75) is 58.7 Å². The van der Waals surface area contributed by atoms with E-state index in [0.717, 1.165) is 44.3 Å². The fourth-order valence-electron chi connectivity index (χ4n) is 4.42. The van der Waals surface area contributed by atoms with Crippen LogP contribution in [-0.2, 0) is 15.7 Å². The lowest BCUT2D eigenvalue weighted by molar-refractivity contribution is -0.139. The quantitative estimate of drug-likeness (QED) is 0.289. The molecular formula is C27H30F4N2O4. The Bertz CT molecular complexity index is 1170. The number of esters is 1. The third-order valence-corrected chi connectivity index (χ3v) is 6.45. The van der Waals surface area contributed by atoms with Gasteiger partial charge in [0.1, 0.15) is 5.56 Å². The van der Waals surface area contributed by atoms with Crippen LogP contribution in [0.5, 0.6) is 11.6 Å². The first-order valence-corrected chi connectivity index (χ1v) is 12.0. The maximum Gasteiger partial charge on any atom is 0.421 e. The van der Waals surface area contributed by atoms with Gasteiger partial charge in [-0.25, -0.2) is 14.2 Å². The summed E-state index contributed by atoms with van der Waals surface area (Å²) in [6.07, 6.45) is 0.539. The first-order chi connectivity index (χ1) is 17.4. The molecule has 1 aliphatic carbocycles. The van der Waals surface area contributed by atoms with Crippen molar-refractivity contribution >= 4 is 23.6 Å². The highest BCUT2D eigenvalue weighted by molar-refractivity contribution is 6.04. The number of amides is 1. The number of carbonyl (C=O) groups excluding carboxylic acids is 2. The highest BCUT2D eigenvalue weighted by atomic mass is 19.4. The minimum Gasteiger partial charge on any atom is -0.465 e. The third-order valence-electron chi connectivity index (χ3n) is 6.45. The van der Waals surface area contributed by atoms with Crippen molar-refractivity contribution < 1.29 is 36.6 Å². The molecule has 1 aromatic heterocycles. The van der Waals surface area contributed by atoms with Gasteiger partial charge in [0.25, 0.3) is 0 Å². The van der Waals surface area contributed by atoms with E-state index in [0.29, 0.717) is 18.8 Å². The minimum absolute atomic E-state index is 0.0404. The maximum absolute atomic E-state index is 15.3. The summed E-state index contributed by atoms with van der Waals surface area (Å²) in [6.45, 7) is 9.00. The smallest absolute Gasteiger partial charge is 0.421 e. The molecular weight excluding hydrogens is 492 g/mol.